The van der Waals surface area contributed by atoms with E-state index in [1.54, 1.807) is 6.92 Å². The number of para-hydroxylation sites is 1. The summed E-state index contributed by atoms with van der Waals surface area (Å²) < 4.78 is 5.86. The third-order valence-electron chi connectivity index (χ3n) is 4.86. The number of thioether (sulfide) groups is 1. The highest BCUT2D eigenvalue weighted by molar-refractivity contribution is 7.99. The number of aliphatic hydroxyl groups is 1. The van der Waals surface area contributed by atoms with Gasteiger partial charge in [-0.05, 0) is 36.2 Å². The van der Waals surface area contributed by atoms with Crippen LogP contribution in [0.25, 0.3) is 0 Å². The maximum Gasteiger partial charge on any atom is 0.336 e. The monoisotopic (exact) mass is 387 g/mol. The highest BCUT2D eigenvalue weighted by Gasteiger charge is 2.33. The maximum absolute atomic E-state index is 11.2. The van der Waals surface area contributed by atoms with Gasteiger partial charge in [-0.1, -0.05) is 31.2 Å². The molecular formula is C21H25NO4S. The zero-order valence-electron chi connectivity index (χ0n) is 15.4. The molecule has 2 N–H and O–H groups in total. The number of rotatable bonds is 8. The molecule has 5 nitrogen and oxygen atoms in total. The number of benzene rings is 2. The minimum absolute atomic E-state index is 0.0847. The Hall–Kier alpha value is -2.18. The van der Waals surface area contributed by atoms with Crippen molar-refractivity contribution in [3.63, 3.8) is 0 Å². The average molecular weight is 388 g/mol. The summed E-state index contributed by atoms with van der Waals surface area (Å²) in [5.74, 6) is 0.634. The molecule has 0 aromatic heterocycles. The van der Waals surface area contributed by atoms with Crippen molar-refractivity contribution in [1.82, 2.24) is 0 Å². The topological polar surface area (TPSA) is 70.0 Å². The van der Waals surface area contributed by atoms with Crippen molar-refractivity contribution < 1.29 is 19.7 Å². The fourth-order valence-electron chi connectivity index (χ4n) is 3.13. The minimum Gasteiger partial charge on any atom is -0.492 e. The van der Waals surface area contributed by atoms with E-state index in [9.17, 15) is 15.0 Å². The molecule has 1 unspecified atom stereocenters. The van der Waals surface area contributed by atoms with Crippen molar-refractivity contribution in [3.8, 4) is 5.75 Å². The third-order valence-corrected chi connectivity index (χ3v) is 5.90. The Bertz CT molecular complexity index is 780. The zero-order valence-corrected chi connectivity index (χ0v) is 16.2. The first kappa shape index (κ1) is 19.6. The summed E-state index contributed by atoms with van der Waals surface area (Å²) in [6, 6.07) is 15.7. The van der Waals surface area contributed by atoms with E-state index < -0.39 is 11.6 Å². The predicted molar refractivity (Wildman–Crippen MR) is 108 cm³/mol. The molecule has 2 aromatic rings. The van der Waals surface area contributed by atoms with Crippen LogP contribution in [0.4, 0.5) is 5.69 Å². The van der Waals surface area contributed by atoms with Crippen molar-refractivity contribution >= 4 is 23.4 Å². The lowest BCUT2D eigenvalue weighted by Gasteiger charge is -2.30. The van der Waals surface area contributed by atoms with Crippen molar-refractivity contribution in [2.75, 3.05) is 30.3 Å². The van der Waals surface area contributed by atoms with Crippen LogP contribution < -0.4 is 9.64 Å². The second-order valence-electron chi connectivity index (χ2n) is 6.66. The molecule has 3 rings (SSSR count). The molecule has 0 amide bonds. The second-order valence-corrected chi connectivity index (χ2v) is 7.80. The molecule has 1 aliphatic rings. The number of anilines is 1. The van der Waals surface area contributed by atoms with Crippen LogP contribution in [0.3, 0.4) is 0 Å². The quantitative estimate of drug-likeness (QED) is 0.723. The highest BCUT2D eigenvalue weighted by Crippen LogP contribution is 2.34. The third kappa shape index (κ3) is 4.76. The number of aliphatic carboxylic acids is 1. The molecule has 0 aliphatic carbocycles. The first-order valence-corrected chi connectivity index (χ1v) is 10.1. The van der Waals surface area contributed by atoms with Crippen molar-refractivity contribution in [2.24, 2.45) is 0 Å². The van der Waals surface area contributed by atoms with Crippen molar-refractivity contribution in [3.05, 3.63) is 54.1 Å². The van der Waals surface area contributed by atoms with E-state index in [0.717, 1.165) is 30.2 Å². The average Bonchev–Trinajstić information content (AvgIpc) is 2.69. The molecule has 27 heavy (non-hydrogen) atoms. The van der Waals surface area contributed by atoms with Gasteiger partial charge in [0.25, 0.3) is 0 Å². The lowest BCUT2D eigenvalue weighted by molar-refractivity contribution is -0.158. The smallest absolute Gasteiger partial charge is 0.336 e. The molecule has 0 saturated carbocycles. The number of ether oxygens (including phenoxy) is 1. The number of carboxylic acid groups (broad SMARTS) is 1. The maximum atomic E-state index is 11.2. The first-order valence-electron chi connectivity index (χ1n) is 9.16. The summed E-state index contributed by atoms with van der Waals surface area (Å²) >= 11 is 1.89. The van der Waals surface area contributed by atoms with Gasteiger partial charge in [0.1, 0.15) is 12.4 Å². The molecule has 0 bridgehead atoms. The van der Waals surface area contributed by atoms with E-state index >= 15 is 0 Å². The normalized spacial score (nSPS) is 15.7. The summed E-state index contributed by atoms with van der Waals surface area (Å²) in [4.78, 5) is 14.9. The Morgan fingerprint density at radius 3 is 2.67 bits per heavy atom. The van der Waals surface area contributed by atoms with Crippen LogP contribution in [0.5, 0.6) is 5.75 Å². The fourth-order valence-corrected chi connectivity index (χ4v) is 4.18. The van der Waals surface area contributed by atoms with Crippen LogP contribution in [-0.2, 0) is 11.2 Å². The van der Waals surface area contributed by atoms with Gasteiger partial charge < -0.3 is 19.8 Å². The summed E-state index contributed by atoms with van der Waals surface area (Å²) in [6.45, 7) is 4.07. The predicted octanol–water partition coefficient (Wildman–Crippen LogP) is 3.45. The van der Waals surface area contributed by atoms with E-state index in [4.69, 9.17) is 4.74 Å². The number of carboxylic acids is 1. The molecule has 0 saturated heterocycles. The first-order chi connectivity index (χ1) is 13.0. The van der Waals surface area contributed by atoms with Gasteiger partial charge >= 0.3 is 5.97 Å². The van der Waals surface area contributed by atoms with Crippen LogP contribution in [-0.4, -0.2) is 47.2 Å². The van der Waals surface area contributed by atoms with Gasteiger partial charge in [-0.25, -0.2) is 4.79 Å². The Morgan fingerprint density at radius 1 is 1.22 bits per heavy atom. The molecule has 0 spiro atoms. The minimum atomic E-state index is -1.72. The number of hydrogen-bond acceptors (Lipinski definition) is 5. The SMILES string of the molecule is CCC(O)(Cc1ccc(OCCN2CCSc3ccccc32)cc1)C(=O)O. The Labute approximate surface area is 164 Å². The van der Waals surface area contributed by atoms with Crippen LogP contribution in [0.1, 0.15) is 18.9 Å². The molecule has 1 aliphatic heterocycles. The van der Waals surface area contributed by atoms with Gasteiger partial charge in [0.05, 0.1) is 12.2 Å². The Morgan fingerprint density at radius 2 is 1.96 bits per heavy atom. The van der Waals surface area contributed by atoms with Gasteiger partial charge in [0.15, 0.2) is 5.60 Å². The number of nitrogens with zero attached hydrogens (tertiary/aromatic N) is 1. The number of carbonyl (C=O) groups is 1. The van der Waals surface area contributed by atoms with Crippen LogP contribution in [0.15, 0.2) is 53.4 Å². The van der Waals surface area contributed by atoms with Gasteiger partial charge in [0, 0.05) is 23.6 Å². The Balaban J connectivity index is 1.53. The van der Waals surface area contributed by atoms with E-state index in [2.05, 4.69) is 29.2 Å². The van der Waals surface area contributed by atoms with Gasteiger partial charge in [0.2, 0.25) is 0 Å². The number of hydrogen-bond donors (Lipinski definition) is 2. The summed E-state index contributed by atoms with van der Waals surface area (Å²) in [5.41, 5.74) is 0.318. The van der Waals surface area contributed by atoms with Crippen LogP contribution >= 0.6 is 11.8 Å². The zero-order chi connectivity index (χ0) is 19.3. The van der Waals surface area contributed by atoms with Gasteiger partial charge in [-0.2, -0.15) is 0 Å². The lowest BCUT2D eigenvalue weighted by Crippen LogP contribution is -2.40. The molecule has 0 fully saturated rings. The van der Waals surface area contributed by atoms with Crippen molar-refractivity contribution in [2.45, 2.75) is 30.3 Å². The second kappa shape index (κ2) is 8.67. The van der Waals surface area contributed by atoms with E-state index in [0.29, 0.717) is 6.61 Å². The van der Waals surface area contributed by atoms with Crippen molar-refractivity contribution in [1.29, 1.82) is 0 Å². The van der Waals surface area contributed by atoms with E-state index in [-0.39, 0.29) is 12.8 Å². The molecular weight excluding hydrogens is 362 g/mol. The van der Waals surface area contributed by atoms with E-state index in [1.807, 2.05) is 36.0 Å². The number of fused-ring (bicyclic) bond motifs is 1. The molecule has 6 heteroatoms. The van der Waals surface area contributed by atoms with Gasteiger partial charge in [-0.15, -0.1) is 11.8 Å². The molecule has 1 heterocycles. The van der Waals surface area contributed by atoms with Gasteiger partial charge in [-0.3, -0.25) is 0 Å². The molecule has 0 radical (unpaired) electrons. The summed E-state index contributed by atoms with van der Waals surface area (Å²) in [5, 5.41) is 19.3. The summed E-state index contributed by atoms with van der Waals surface area (Å²) in [7, 11) is 0. The largest absolute Gasteiger partial charge is 0.492 e. The van der Waals surface area contributed by atoms with Crippen LogP contribution in [0.2, 0.25) is 0 Å². The molecule has 144 valence electrons. The Kier molecular flexibility index (Phi) is 6.29. The fraction of sp³-hybridized carbons (Fsp3) is 0.381. The molecule has 2 aromatic carbocycles. The standard InChI is InChI=1S/C21H25NO4S/c1-2-21(25,20(23)24)15-16-7-9-17(10-8-16)26-13-11-22-12-14-27-19-6-4-3-5-18(19)22/h3-10,25H,2,11-15H2,1H3,(H,23,24). The molecule has 1 atom stereocenters. The van der Waals surface area contributed by atoms with E-state index in [1.165, 1.54) is 10.6 Å². The highest BCUT2D eigenvalue weighted by atomic mass is 32.2. The summed E-state index contributed by atoms with van der Waals surface area (Å²) in [6.07, 6.45) is 0.248. The van der Waals surface area contributed by atoms with Crippen LogP contribution in [0, 0.1) is 0 Å². The lowest BCUT2D eigenvalue weighted by atomic mass is 9.92.